The van der Waals surface area contributed by atoms with Gasteiger partial charge in [-0.3, -0.25) is 19.8 Å². The van der Waals surface area contributed by atoms with E-state index in [4.69, 9.17) is 23.8 Å². The van der Waals surface area contributed by atoms with Crippen LogP contribution in [0.3, 0.4) is 0 Å². The first-order valence-electron chi connectivity index (χ1n) is 9.26. The van der Waals surface area contributed by atoms with Crippen molar-refractivity contribution in [1.29, 1.82) is 0 Å². The lowest BCUT2D eigenvalue weighted by Gasteiger charge is -2.28. The number of carbonyl (C=O) groups excluding carboxylic acids is 2. The van der Waals surface area contributed by atoms with Crippen molar-refractivity contribution in [2.45, 2.75) is 6.92 Å². The van der Waals surface area contributed by atoms with Gasteiger partial charge in [-0.1, -0.05) is 65.7 Å². The van der Waals surface area contributed by atoms with Crippen LogP contribution in [0.5, 0.6) is 0 Å². The zero-order valence-electron chi connectivity index (χ0n) is 16.1. The van der Waals surface area contributed by atoms with Gasteiger partial charge in [-0.2, -0.15) is 0 Å². The fourth-order valence-electron chi connectivity index (χ4n) is 3.25. The van der Waals surface area contributed by atoms with Crippen LogP contribution in [0, 0.1) is 6.92 Å². The molecule has 1 aliphatic rings. The highest BCUT2D eigenvalue weighted by Crippen LogP contribution is 2.25. The van der Waals surface area contributed by atoms with Crippen LogP contribution in [0.2, 0.25) is 5.02 Å². The van der Waals surface area contributed by atoms with Crippen molar-refractivity contribution in [3.63, 3.8) is 0 Å². The molecule has 1 N–H and O–H groups in total. The number of anilines is 1. The molecule has 1 saturated heterocycles. The van der Waals surface area contributed by atoms with Crippen LogP contribution in [0.15, 0.2) is 78.4 Å². The van der Waals surface area contributed by atoms with E-state index in [1.807, 2.05) is 49.4 Å². The van der Waals surface area contributed by atoms with Gasteiger partial charge in [-0.25, -0.2) is 0 Å². The minimum absolute atomic E-state index is 0.0156. The summed E-state index contributed by atoms with van der Waals surface area (Å²) in [5.41, 5.74) is 4.65. The van der Waals surface area contributed by atoms with Crippen molar-refractivity contribution in [3.05, 3.63) is 94.5 Å². The van der Waals surface area contributed by atoms with Crippen LogP contribution in [-0.4, -0.2) is 16.9 Å². The molecule has 30 heavy (non-hydrogen) atoms. The quantitative estimate of drug-likeness (QED) is 0.354. The highest BCUT2D eigenvalue weighted by atomic mass is 35.5. The SMILES string of the molecule is Cc1cccc(-c2ccc(/C=C3/C(=O)NC(=S)N(c4ccc(Cl)cc4)C3=O)cc2)c1. The van der Waals surface area contributed by atoms with E-state index in [2.05, 4.69) is 11.4 Å². The Morgan fingerprint density at radius 2 is 1.63 bits per heavy atom. The molecule has 0 aliphatic carbocycles. The number of halogens is 1. The van der Waals surface area contributed by atoms with Crippen LogP contribution in [-0.2, 0) is 9.59 Å². The van der Waals surface area contributed by atoms with E-state index in [1.165, 1.54) is 10.5 Å². The third-order valence-electron chi connectivity index (χ3n) is 4.76. The zero-order chi connectivity index (χ0) is 21.3. The van der Waals surface area contributed by atoms with Crippen molar-refractivity contribution in [3.8, 4) is 11.1 Å². The summed E-state index contributed by atoms with van der Waals surface area (Å²) in [6.45, 7) is 2.05. The van der Waals surface area contributed by atoms with E-state index < -0.39 is 11.8 Å². The van der Waals surface area contributed by atoms with Crippen molar-refractivity contribution in [1.82, 2.24) is 5.32 Å². The Bertz CT molecular complexity index is 1180. The van der Waals surface area contributed by atoms with Crippen LogP contribution in [0.1, 0.15) is 11.1 Å². The average molecular weight is 433 g/mol. The maximum Gasteiger partial charge on any atom is 0.270 e. The maximum absolute atomic E-state index is 13.0. The molecule has 0 spiro atoms. The Morgan fingerprint density at radius 1 is 0.933 bits per heavy atom. The number of carbonyl (C=O) groups is 2. The van der Waals surface area contributed by atoms with Gasteiger partial charge in [0, 0.05) is 5.02 Å². The molecule has 1 aliphatic heterocycles. The minimum atomic E-state index is -0.516. The molecule has 3 aromatic rings. The van der Waals surface area contributed by atoms with Crippen molar-refractivity contribution in [2.24, 2.45) is 0 Å². The third-order valence-corrected chi connectivity index (χ3v) is 5.30. The van der Waals surface area contributed by atoms with Gasteiger partial charge in [-0.05, 0) is 66.2 Å². The fraction of sp³-hybridized carbons (Fsp3) is 0.0417. The molecule has 6 heteroatoms. The average Bonchev–Trinajstić information content (AvgIpc) is 2.73. The summed E-state index contributed by atoms with van der Waals surface area (Å²) >= 11 is 11.1. The van der Waals surface area contributed by atoms with Crippen molar-refractivity contribution >= 4 is 52.5 Å². The first-order valence-corrected chi connectivity index (χ1v) is 10.0. The molecule has 1 heterocycles. The smallest absolute Gasteiger partial charge is 0.270 e. The van der Waals surface area contributed by atoms with Crippen LogP contribution >= 0.6 is 23.8 Å². The molecular formula is C24H17ClN2O2S. The Balaban J connectivity index is 1.64. The minimum Gasteiger partial charge on any atom is -0.298 e. The molecule has 148 valence electrons. The second-order valence-electron chi connectivity index (χ2n) is 6.93. The second-order valence-corrected chi connectivity index (χ2v) is 7.75. The number of hydrogen-bond donors (Lipinski definition) is 1. The second kappa shape index (κ2) is 8.22. The van der Waals surface area contributed by atoms with Gasteiger partial charge >= 0.3 is 0 Å². The molecular weight excluding hydrogens is 416 g/mol. The number of amides is 2. The van der Waals surface area contributed by atoms with E-state index in [0.29, 0.717) is 10.7 Å². The molecule has 0 bridgehead atoms. The molecule has 3 aromatic carbocycles. The topological polar surface area (TPSA) is 49.4 Å². The van der Waals surface area contributed by atoms with Gasteiger partial charge in [0.1, 0.15) is 5.57 Å². The van der Waals surface area contributed by atoms with Crippen LogP contribution in [0.4, 0.5) is 5.69 Å². The molecule has 0 unspecified atom stereocenters. The molecule has 4 nitrogen and oxygen atoms in total. The van der Waals surface area contributed by atoms with Gasteiger partial charge in [0.25, 0.3) is 11.8 Å². The highest BCUT2D eigenvalue weighted by Gasteiger charge is 2.34. The predicted molar refractivity (Wildman–Crippen MR) is 124 cm³/mol. The summed E-state index contributed by atoms with van der Waals surface area (Å²) in [5, 5.41) is 3.17. The number of nitrogens with zero attached hydrogens (tertiary/aromatic N) is 1. The van der Waals surface area contributed by atoms with Crippen LogP contribution in [0.25, 0.3) is 17.2 Å². The maximum atomic E-state index is 13.0. The Morgan fingerprint density at radius 3 is 2.30 bits per heavy atom. The summed E-state index contributed by atoms with van der Waals surface area (Å²) in [6, 6.07) is 22.6. The molecule has 0 atom stereocenters. The largest absolute Gasteiger partial charge is 0.298 e. The van der Waals surface area contributed by atoms with E-state index in [1.54, 1.807) is 30.3 Å². The summed E-state index contributed by atoms with van der Waals surface area (Å²) in [6.07, 6.45) is 1.57. The molecule has 4 rings (SSSR count). The van der Waals surface area contributed by atoms with Crippen LogP contribution < -0.4 is 10.2 Å². The predicted octanol–water partition coefficient (Wildman–Crippen LogP) is 5.15. The zero-order valence-corrected chi connectivity index (χ0v) is 17.6. The van der Waals surface area contributed by atoms with Gasteiger partial charge in [0.2, 0.25) is 0 Å². The number of rotatable bonds is 3. The fourth-order valence-corrected chi connectivity index (χ4v) is 3.65. The molecule has 0 saturated carbocycles. The van der Waals surface area contributed by atoms with Crippen molar-refractivity contribution < 1.29 is 9.59 Å². The lowest BCUT2D eigenvalue weighted by atomic mass is 10.0. The monoisotopic (exact) mass is 432 g/mol. The highest BCUT2D eigenvalue weighted by molar-refractivity contribution is 7.80. The summed E-state index contributed by atoms with van der Waals surface area (Å²) in [7, 11) is 0. The first-order chi connectivity index (χ1) is 14.4. The molecule has 0 aromatic heterocycles. The molecule has 0 radical (unpaired) electrons. The van der Waals surface area contributed by atoms with E-state index >= 15 is 0 Å². The lowest BCUT2D eigenvalue weighted by Crippen LogP contribution is -2.54. The van der Waals surface area contributed by atoms with Gasteiger partial charge in [-0.15, -0.1) is 0 Å². The number of hydrogen-bond acceptors (Lipinski definition) is 3. The summed E-state index contributed by atoms with van der Waals surface area (Å²) in [5.74, 6) is -0.994. The molecule has 1 fully saturated rings. The summed E-state index contributed by atoms with van der Waals surface area (Å²) < 4.78 is 0. The standard InChI is InChI=1S/C24H17ClN2O2S/c1-15-3-2-4-18(13-15)17-7-5-16(6-8-17)14-21-22(28)26-24(30)27(23(21)29)20-11-9-19(25)10-12-20/h2-14H,1H3,(H,26,28,30)/b21-14-. The van der Waals surface area contributed by atoms with E-state index in [-0.39, 0.29) is 10.7 Å². The third kappa shape index (κ3) is 4.03. The van der Waals surface area contributed by atoms with Gasteiger partial charge in [0.15, 0.2) is 5.11 Å². The normalized spacial score (nSPS) is 15.5. The summed E-state index contributed by atoms with van der Waals surface area (Å²) in [4.78, 5) is 26.8. The molecule has 2 amide bonds. The number of aryl methyl sites for hydroxylation is 1. The number of benzene rings is 3. The number of nitrogens with one attached hydrogen (secondary N) is 1. The van der Waals surface area contributed by atoms with Gasteiger partial charge < -0.3 is 0 Å². The van der Waals surface area contributed by atoms with E-state index in [0.717, 1.165) is 16.7 Å². The Labute approximate surface area is 184 Å². The van der Waals surface area contributed by atoms with E-state index in [9.17, 15) is 9.59 Å². The first kappa shape index (κ1) is 20.0. The Hall–Kier alpha value is -3.28. The lowest BCUT2D eigenvalue weighted by molar-refractivity contribution is -0.122. The van der Waals surface area contributed by atoms with Gasteiger partial charge in [0.05, 0.1) is 5.69 Å². The van der Waals surface area contributed by atoms with Crippen molar-refractivity contribution in [2.75, 3.05) is 4.90 Å². The number of thiocarbonyl (C=S) groups is 1. The Kier molecular flexibility index (Phi) is 5.48.